The second-order valence-electron chi connectivity index (χ2n) is 4.91. The quantitative estimate of drug-likeness (QED) is 0.528. The van der Waals surface area contributed by atoms with Crippen molar-refractivity contribution in [1.29, 1.82) is 0 Å². The topological polar surface area (TPSA) is 114 Å². The minimum atomic E-state index is -1.12. The van der Waals surface area contributed by atoms with Crippen molar-refractivity contribution in [3.63, 3.8) is 0 Å². The molecule has 0 spiro atoms. The van der Waals surface area contributed by atoms with Gasteiger partial charge >= 0.3 is 5.69 Å². The van der Waals surface area contributed by atoms with Gasteiger partial charge in [-0.2, -0.15) is 0 Å². The normalized spacial score (nSPS) is 36.2. The molecule has 2 aliphatic rings. The number of aromatic amines is 1. The maximum atomic E-state index is 11.9. The van der Waals surface area contributed by atoms with Gasteiger partial charge in [0.15, 0.2) is 6.23 Å². The lowest BCUT2D eigenvalue weighted by Gasteiger charge is -2.33. The van der Waals surface area contributed by atoms with E-state index in [1.807, 2.05) is 0 Å². The number of nitrogens with one attached hydrogen (secondary N) is 1. The Balaban J connectivity index is 2.06. The summed E-state index contributed by atoms with van der Waals surface area (Å²) in [4.78, 5) is 25.4. The van der Waals surface area contributed by atoms with Gasteiger partial charge in [-0.25, -0.2) is 4.79 Å². The Labute approximate surface area is 126 Å². The number of nitrogens with zero attached hydrogens (tertiary/aromatic N) is 1. The predicted molar refractivity (Wildman–Crippen MR) is 74.3 cm³/mol. The molecule has 8 nitrogen and oxygen atoms in total. The van der Waals surface area contributed by atoms with E-state index in [4.69, 9.17) is 9.47 Å². The molecule has 4 atom stereocenters. The van der Waals surface area contributed by atoms with Crippen LogP contribution in [0.5, 0.6) is 0 Å². The highest BCUT2D eigenvalue weighted by Gasteiger charge is 2.58. The van der Waals surface area contributed by atoms with E-state index >= 15 is 0 Å². The minimum Gasteiger partial charge on any atom is -0.393 e. The van der Waals surface area contributed by atoms with Gasteiger partial charge in [0.2, 0.25) is 0 Å². The van der Waals surface area contributed by atoms with Gasteiger partial charge in [0, 0.05) is 12.6 Å². The summed E-state index contributed by atoms with van der Waals surface area (Å²) in [5.41, 5.74) is -2.24. The van der Waals surface area contributed by atoms with Crippen LogP contribution in [0.4, 0.5) is 0 Å². The van der Waals surface area contributed by atoms with Crippen LogP contribution in [0, 0.1) is 3.57 Å². The Morgan fingerprint density at radius 1 is 1.55 bits per heavy atom. The molecule has 20 heavy (non-hydrogen) atoms. The summed E-state index contributed by atoms with van der Waals surface area (Å²) in [5.74, 6) is 0. The van der Waals surface area contributed by atoms with Crippen LogP contribution in [0.1, 0.15) is 12.6 Å². The van der Waals surface area contributed by atoms with Gasteiger partial charge < -0.3 is 19.7 Å². The molecule has 1 aromatic heterocycles. The molecule has 2 fully saturated rings. The van der Waals surface area contributed by atoms with Crippen molar-refractivity contribution < 1.29 is 19.7 Å². The van der Waals surface area contributed by atoms with Gasteiger partial charge in [0.05, 0.1) is 16.8 Å². The molecular formula is C11H13IN2O6. The largest absolute Gasteiger partial charge is 0.393 e. The zero-order valence-electron chi connectivity index (χ0n) is 10.3. The molecule has 2 bridgehead atoms. The highest BCUT2D eigenvalue weighted by atomic mass is 127. The third kappa shape index (κ3) is 1.96. The van der Waals surface area contributed by atoms with Gasteiger partial charge in [-0.15, -0.1) is 0 Å². The van der Waals surface area contributed by atoms with Crippen LogP contribution in [-0.2, 0) is 9.47 Å². The summed E-state index contributed by atoms with van der Waals surface area (Å²) in [6.07, 6.45) is -0.961. The maximum absolute atomic E-state index is 11.9. The van der Waals surface area contributed by atoms with Gasteiger partial charge in [0.25, 0.3) is 5.56 Å². The third-order valence-corrected chi connectivity index (χ3v) is 4.56. The van der Waals surface area contributed by atoms with E-state index in [0.717, 1.165) is 0 Å². The van der Waals surface area contributed by atoms with E-state index in [2.05, 4.69) is 4.98 Å². The second kappa shape index (κ2) is 4.91. The van der Waals surface area contributed by atoms with Crippen LogP contribution in [-0.4, -0.2) is 50.8 Å². The van der Waals surface area contributed by atoms with Crippen LogP contribution < -0.4 is 11.2 Å². The van der Waals surface area contributed by atoms with Crippen molar-refractivity contribution in [2.45, 2.75) is 30.5 Å². The number of halogens is 1. The lowest BCUT2D eigenvalue weighted by molar-refractivity contribution is -0.144. The van der Waals surface area contributed by atoms with Crippen molar-refractivity contribution >= 4 is 22.6 Å². The molecule has 110 valence electrons. The first-order valence-electron chi connectivity index (χ1n) is 6.08. The first-order chi connectivity index (χ1) is 9.48. The van der Waals surface area contributed by atoms with E-state index < -0.39 is 35.3 Å². The molecule has 0 saturated carbocycles. The summed E-state index contributed by atoms with van der Waals surface area (Å²) in [7, 11) is 0. The number of ether oxygens (including phenoxy) is 2. The smallest absolute Gasteiger partial charge is 0.330 e. The fraction of sp³-hybridized carbons (Fsp3) is 0.636. The van der Waals surface area contributed by atoms with Gasteiger partial charge in [-0.1, -0.05) is 0 Å². The van der Waals surface area contributed by atoms with E-state index in [1.165, 1.54) is 10.8 Å². The fourth-order valence-electron chi connectivity index (χ4n) is 2.66. The molecule has 1 aromatic rings. The monoisotopic (exact) mass is 396 g/mol. The van der Waals surface area contributed by atoms with Crippen molar-refractivity contribution in [1.82, 2.24) is 9.55 Å². The van der Waals surface area contributed by atoms with E-state index in [9.17, 15) is 19.8 Å². The molecule has 3 rings (SSSR count). The first kappa shape index (κ1) is 14.2. The molecule has 3 N–H and O–H groups in total. The van der Waals surface area contributed by atoms with E-state index in [-0.39, 0.29) is 6.61 Å². The molecule has 0 aliphatic carbocycles. The third-order valence-electron chi connectivity index (χ3n) is 3.79. The van der Waals surface area contributed by atoms with Crippen molar-refractivity contribution in [3.05, 3.63) is 30.6 Å². The number of H-pyrrole nitrogens is 1. The molecule has 0 amide bonds. The average Bonchev–Trinajstić information content (AvgIpc) is 2.60. The molecule has 2 aliphatic heterocycles. The number of aromatic nitrogens is 2. The molecule has 0 radical (unpaired) electrons. The number of rotatable bonds is 2. The molecular weight excluding hydrogens is 383 g/mol. The van der Waals surface area contributed by atoms with Crippen LogP contribution in [0.3, 0.4) is 0 Å². The molecule has 3 heterocycles. The lowest BCUT2D eigenvalue weighted by Crippen LogP contribution is -2.51. The Morgan fingerprint density at radius 2 is 2.30 bits per heavy atom. The van der Waals surface area contributed by atoms with Crippen LogP contribution in [0.15, 0.2) is 15.8 Å². The van der Waals surface area contributed by atoms with E-state index in [1.54, 1.807) is 22.6 Å². The minimum absolute atomic E-state index is 0.319. The van der Waals surface area contributed by atoms with Gasteiger partial charge in [-0.05, 0) is 22.6 Å². The number of aliphatic hydroxyl groups is 2. The highest BCUT2D eigenvalue weighted by molar-refractivity contribution is 14.1. The number of hydrogen-bond donors (Lipinski definition) is 3. The molecule has 0 aromatic carbocycles. The number of hydrogen-bond acceptors (Lipinski definition) is 6. The molecule has 2 unspecified atom stereocenters. The van der Waals surface area contributed by atoms with Gasteiger partial charge in [0.1, 0.15) is 17.8 Å². The Hall–Kier alpha value is -0.750. The van der Waals surface area contributed by atoms with Crippen molar-refractivity contribution in [2.24, 2.45) is 0 Å². The average molecular weight is 396 g/mol. The predicted octanol–water partition coefficient (Wildman–Crippen LogP) is -1.45. The molecule has 2 saturated heterocycles. The summed E-state index contributed by atoms with van der Waals surface area (Å²) in [6, 6.07) is 0. The SMILES string of the molecule is O=c1[nH]c(=O)n([C@@H]2O[C@@]3(CO)CCOC2C3O)cc1I. The zero-order chi connectivity index (χ0) is 14.5. The Bertz CT molecular complexity index is 643. The number of fused-ring (bicyclic) bond motifs is 2. The summed E-state index contributed by atoms with van der Waals surface area (Å²) >= 11 is 1.80. The van der Waals surface area contributed by atoms with E-state index in [0.29, 0.717) is 16.6 Å². The second-order valence-corrected chi connectivity index (χ2v) is 6.07. The summed E-state index contributed by atoms with van der Waals surface area (Å²) < 4.78 is 12.7. The van der Waals surface area contributed by atoms with Gasteiger partial charge in [-0.3, -0.25) is 14.3 Å². The lowest BCUT2D eigenvalue weighted by atomic mass is 9.90. The Morgan fingerprint density at radius 3 is 2.95 bits per heavy atom. The fourth-order valence-corrected chi connectivity index (χ4v) is 3.09. The standard InChI is InChI=1S/C11H13IN2O6/c12-5-3-14(10(18)13-8(5)17)9-6-7(16)11(4-15,20-9)1-2-19-6/h3,6-7,9,15-16H,1-2,4H2,(H,13,17,18)/t6?,7?,9-,11-/m1/s1. The Kier molecular flexibility index (Phi) is 3.49. The maximum Gasteiger partial charge on any atom is 0.330 e. The van der Waals surface area contributed by atoms with Crippen LogP contribution in [0.2, 0.25) is 0 Å². The van der Waals surface area contributed by atoms with Crippen LogP contribution >= 0.6 is 22.6 Å². The first-order valence-corrected chi connectivity index (χ1v) is 7.16. The van der Waals surface area contributed by atoms with Crippen LogP contribution in [0.25, 0.3) is 0 Å². The summed E-state index contributed by atoms with van der Waals surface area (Å²) in [6.45, 7) is -0.0340. The van der Waals surface area contributed by atoms with Crippen molar-refractivity contribution in [3.8, 4) is 0 Å². The summed E-state index contributed by atoms with van der Waals surface area (Å²) in [5, 5.41) is 19.7. The number of aliphatic hydroxyl groups excluding tert-OH is 2. The zero-order valence-corrected chi connectivity index (χ0v) is 12.4. The van der Waals surface area contributed by atoms with Crippen molar-refractivity contribution in [2.75, 3.05) is 13.2 Å². The molecule has 9 heteroatoms. The highest BCUT2D eigenvalue weighted by Crippen LogP contribution is 2.43.